The number of anilines is 1. The maximum atomic E-state index is 12.6. The Hall–Kier alpha value is -2.63. The fourth-order valence-corrected chi connectivity index (χ4v) is 3.80. The number of fused-ring (bicyclic) bond motifs is 1. The van der Waals surface area contributed by atoms with Gasteiger partial charge in [0, 0.05) is 32.2 Å². The van der Waals surface area contributed by atoms with Crippen LogP contribution in [-0.2, 0) is 24.3 Å². The van der Waals surface area contributed by atoms with Gasteiger partial charge in [0.25, 0.3) is 5.56 Å². The molecule has 1 amide bonds. The fourth-order valence-electron chi connectivity index (χ4n) is 3.80. The second-order valence-electron chi connectivity index (χ2n) is 7.09. The van der Waals surface area contributed by atoms with E-state index < -0.39 is 0 Å². The average molecular weight is 352 g/mol. The third-order valence-corrected chi connectivity index (χ3v) is 5.34. The van der Waals surface area contributed by atoms with E-state index in [4.69, 9.17) is 0 Å². The molecule has 1 aromatic carbocycles. The van der Waals surface area contributed by atoms with E-state index in [2.05, 4.69) is 22.1 Å². The molecular formula is C20H24N4O2. The molecule has 3 heterocycles. The van der Waals surface area contributed by atoms with Crippen LogP contribution in [0.25, 0.3) is 0 Å². The van der Waals surface area contributed by atoms with Gasteiger partial charge in [0.2, 0.25) is 5.91 Å². The smallest absolute Gasteiger partial charge is 0.269 e. The molecule has 136 valence electrons. The first-order chi connectivity index (χ1) is 12.7. The molecule has 4 rings (SSSR count). The Morgan fingerprint density at radius 1 is 1.04 bits per heavy atom. The molecule has 0 N–H and O–H groups in total. The van der Waals surface area contributed by atoms with Crippen LogP contribution in [0.4, 0.5) is 5.69 Å². The summed E-state index contributed by atoms with van der Waals surface area (Å²) in [6.07, 6.45) is 6.12. The minimum absolute atomic E-state index is 0.00127. The summed E-state index contributed by atoms with van der Waals surface area (Å²) in [7, 11) is 0. The van der Waals surface area contributed by atoms with Gasteiger partial charge < -0.3 is 9.80 Å². The minimum atomic E-state index is -0.209. The van der Waals surface area contributed by atoms with E-state index in [1.165, 1.54) is 22.2 Å². The Morgan fingerprint density at radius 3 is 2.58 bits per heavy atom. The van der Waals surface area contributed by atoms with Crippen molar-refractivity contribution in [1.29, 1.82) is 0 Å². The molecule has 0 saturated carbocycles. The maximum absolute atomic E-state index is 12.6. The largest absolute Gasteiger partial charge is 0.370 e. The molecule has 2 aliphatic heterocycles. The first-order valence-electron chi connectivity index (χ1n) is 9.37. The van der Waals surface area contributed by atoms with Gasteiger partial charge in [-0.25, -0.2) is 4.68 Å². The molecular weight excluding hydrogens is 328 g/mol. The zero-order valence-corrected chi connectivity index (χ0v) is 14.9. The molecule has 2 aliphatic rings. The number of benzene rings is 1. The Labute approximate surface area is 153 Å². The number of nitrogens with zero attached hydrogens (tertiary/aromatic N) is 4. The van der Waals surface area contributed by atoms with Crippen LogP contribution in [0.2, 0.25) is 0 Å². The molecule has 0 unspecified atom stereocenters. The van der Waals surface area contributed by atoms with Gasteiger partial charge in [-0.2, -0.15) is 5.10 Å². The lowest BCUT2D eigenvalue weighted by Gasteiger charge is -2.29. The number of rotatable bonds is 3. The van der Waals surface area contributed by atoms with Gasteiger partial charge in [0.05, 0.1) is 11.9 Å². The third kappa shape index (κ3) is 3.49. The number of carbonyl (C=O) groups excluding carboxylic acids is 1. The maximum Gasteiger partial charge on any atom is 0.269 e. The van der Waals surface area contributed by atoms with E-state index >= 15 is 0 Å². The second kappa shape index (κ2) is 7.32. The highest BCUT2D eigenvalue weighted by Gasteiger charge is 2.21. The summed E-state index contributed by atoms with van der Waals surface area (Å²) in [5.74, 6) is -0.0557. The first-order valence-corrected chi connectivity index (χ1v) is 9.37. The van der Waals surface area contributed by atoms with E-state index in [1.54, 1.807) is 12.3 Å². The summed E-state index contributed by atoms with van der Waals surface area (Å²) >= 11 is 0. The van der Waals surface area contributed by atoms with E-state index in [-0.39, 0.29) is 18.0 Å². The lowest BCUT2D eigenvalue weighted by Crippen LogP contribution is -2.40. The van der Waals surface area contributed by atoms with Gasteiger partial charge in [0.15, 0.2) is 0 Å². The Kier molecular flexibility index (Phi) is 4.73. The zero-order chi connectivity index (χ0) is 17.9. The monoisotopic (exact) mass is 352 g/mol. The quantitative estimate of drug-likeness (QED) is 0.845. The van der Waals surface area contributed by atoms with Gasteiger partial charge in [-0.15, -0.1) is 0 Å². The van der Waals surface area contributed by atoms with E-state index in [0.29, 0.717) is 13.1 Å². The normalized spacial score (nSPS) is 17.1. The summed E-state index contributed by atoms with van der Waals surface area (Å²) in [6, 6.07) is 9.81. The molecule has 1 fully saturated rings. The van der Waals surface area contributed by atoms with Crippen LogP contribution in [-0.4, -0.2) is 40.2 Å². The number of carbonyl (C=O) groups is 1. The Bertz CT molecular complexity index is 855. The van der Waals surface area contributed by atoms with Crippen molar-refractivity contribution >= 4 is 11.6 Å². The van der Waals surface area contributed by atoms with Crippen molar-refractivity contribution < 1.29 is 4.79 Å². The second-order valence-corrected chi connectivity index (χ2v) is 7.09. The van der Waals surface area contributed by atoms with Gasteiger partial charge in [-0.3, -0.25) is 9.59 Å². The summed E-state index contributed by atoms with van der Waals surface area (Å²) in [6.45, 7) is 3.24. The summed E-state index contributed by atoms with van der Waals surface area (Å²) in [5.41, 5.74) is 3.15. The molecule has 0 bridgehead atoms. The van der Waals surface area contributed by atoms with Crippen molar-refractivity contribution in [2.75, 3.05) is 24.5 Å². The number of hydrogen-bond acceptors (Lipinski definition) is 4. The van der Waals surface area contributed by atoms with Gasteiger partial charge in [0.1, 0.15) is 6.54 Å². The molecule has 6 heteroatoms. The highest BCUT2D eigenvalue weighted by molar-refractivity contribution is 5.76. The van der Waals surface area contributed by atoms with Crippen LogP contribution in [0.3, 0.4) is 0 Å². The Morgan fingerprint density at radius 2 is 1.81 bits per heavy atom. The van der Waals surface area contributed by atoms with Crippen LogP contribution >= 0.6 is 0 Å². The molecule has 0 atom stereocenters. The van der Waals surface area contributed by atoms with Crippen molar-refractivity contribution in [2.24, 2.45) is 0 Å². The number of piperidine rings is 1. The molecule has 0 spiro atoms. The molecule has 2 aromatic rings. The fraction of sp³-hybridized carbons (Fsp3) is 0.450. The van der Waals surface area contributed by atoms with Gasteiger partial charge in [-0.05, 0) is 36.8 Å². The average Bonchev–Trinajstić information content (AvgIpc) is 2.69. The predicted molar refractivity (Wildman–Crippen MR) is 100 cm³/mol. The topological polar surface area (TPSA) is 58.4 Å². The molecule has 26 heavy (non-hydrogen) atoms. The highest BCUT2D eigenvalue weighted by Crippen LogP contribution is 2.19. The van der Waals surface area contributed by atoms with Crippen LogP contribution in [0.15, 0.2) is 41.3 Å². The lowest BCUT2D eigenvalue weighted by atomic mass is 10.00. The summed E-state index contributed by atoms with van der Waals surface area (Å²) in [4.78, 5) is 29.0. The number of hydrogen-bond donors (Lipinski definition) is 0. The molecule has 6 nitrogen and oxygen atoms in total. The molecule has 1 aromatic heterocycles. The third-order valence-electron chi connectivity index (χ3n) is 5.34. The standard InChI is InChI=1S/C20H24N4O2/c25-19-12-18(22-9-4-1-5-10-22)13-21-24(19)15-20(26)23-11-8-16-6-2-3-7-17(16)14-23/h2-3,6-7,12-13H,1,4-5,8-11,14-15H2. The molecule has 1 saturated heterocycles. The van der Waals surface area contributed by atoms with Crippen molar-refractivity contribution in [1.82, 2.24) is 14.7 Å². The van der Waals surface area contributed by atoms with Gasteiger partial charge in [-0.1, -0.05) is 24.3 Å². The van der Waals surface area contributed by atoms with E-state index in [1.807, 2.05) is 17.0 Å². The van der Waals surface area contributed by atoms with E-state index in [9.17, 15) is 9.59 Å². The summed E-state index contributed by atoms with van der Waals surface area (Å²) < 4.78 is 1.27. The lowest BCUT2D eigenvalue weighted by molar-refractivity contribution is -0.133. The van der Waals surface area contributed by atoms with E-state index in [0.717, 1.165) is 38.0 Å². The van der Waals surface area contributed by atoms with Crippen LogP contribution in [0.1, 0.15) is 30.4 Å². The van der Waals surface area contributed by atoms with Crippen molar-refractivity contribution in [3.8, 4) is 0 Å². The van der Waals surface area contributed by atoms with Crippen molar-refractivity contribution in [3.05, 3.63) is 58.0 Å². The van der Waals surface area contributed by atoms with Crippen LogP contribution in [0, 0.1) is 0 Å². The predicted octanol–water partition coefficient (Wildman–Crippen LogP) is 1.82. The first kappa shape index (κ1) is 16.8. The minimum Gasteiger partial charge on any atom is -0.370 e. The van der Waals surface area contributed by atoms with Crippen molar-refractivity contribution in [2.45, 2.75) is 38.8 Å². The van der Waals surface area contributed by atoms with Crippen LogP contribution < -0.4 is 10.5 Å². The van der Waals surface area contributed by atoms with Crippen molar-refractivity contribution in [3.63, 3.8) is 0 Å². The van der Waals surface area contributed by atoms with Gasteiger partial charge >= 0.3 is 0 Å². The highest BCUT2D eigenvalue weighted by atomic mass is 16.2. The number of aromatic nitrogens is 2. The zero-order valence-electron chi connectivity index (χ0n) is 14.9. The SMILES string of the molecule is O=C(Cn1ncc(N2CCCCC2)cc1=O)N1CCc2ccccc2C1. The number of amides is 1. The molecule has 0 radical (unpaired) electrons. The van der Waals surface area contributed by atoms with Crippen LogP contribution in [0.5, 0.6) is 0 Å². The summed E-state index contributed by atoms with van der Waals surface area (Å²) in [5, 5.41) is 4.25. The Balaban J connectivity index is 1.44. The molecule has 0 aliphatic carbocycles.